The Hall–Kier alpha value is -3.25. The fourth-order valence-corrected chi connectivity index (χ4v) is 3.38. The van der Waals surface area contributed by atoms with Gasteiger partial charge >= 0.3 is 0 Å². The topological polar surface area (TPSA) is 75.6 Å². The van der Waals surface area contributed by atoms with Crippen LogP contribution in [-0.4, -0.2) is 11.0 Å². The van der Waals surface area contributed by atoms with Crippen LogP contribution in [0.3, 0.4) is 0 Å². The third-order valence-corrected chi connectivity index (χ3v) is 5.29. The van der Waals surface area contributed by atoms with Crippen LogP contribution in [0.2, 0.25) is 10.0 Å². The van der Waals surface area contributed by atoms with Crippen LogP contribution in [0.4, 0.5) is 5.69 Å². The van der Waals surface area contributed by atoms with E-state index in [0.717, 1.165) is 5.56 Å². The molecule has 0 radical (unpaired) electrons. The number of rotatable bonds is 6. The van der Waals surface area contributed by atoms with Crippen molar-refractivity contribution in [1.82, 2.24) is 0 Å². The maximum absolute atomic E-state index is 12.3. The van der Waals surface area contributed by atoms with Crippen molar-refractivity contribution in [2.45, 2.75) is 6.61 Å². The molecule has 0 saturated heterocycles. The van der Waals surface area contributed by atoms with E-state index in [4.69, 9.17) is 37.1 Å². The summed E-state index contributed by atoms with van der Waals surface area (Å²) in [6.45, 7) is -0.167. The molecule has 1 amide bonds. The summed E-state index contributed by atoms with van der Waals surface area (Å²) < 4.78 is 11.3. The van der Waals surface area contributed by atoms with E-state index in [2.05, 4.69) is 5.32 Å². The first-order valence-corrected chi connectivity index (χ1v) is 10.1. The van der Waals surface area contributed by atoms with E-state index in [1.54, 1.807) is 54.6 Å². The number of hydrogen-bond donors (Lipinski definition) is 2. The molecule has 2 heterocycles. The minimum absolute atomic E-state index is 0.167. The fraction of sp³-hybridized carbons (Fsp3) is 0.0417. The number of aliphatic hydroxyl groups excluding tert-OH is 1. The van der Waals surface area contributed by atoms with E-state index in [0.29, 0.717) is 44.3 Å². The molecule has 2 N–H and O–H groups in total. The Balaban J connectivity index is 1.44. The van der Waals surface area contributed by atoms with Crippen LogP contribution in [0.5, 0.6) is 0 Å². The molecule has 0 aliphatic rings. The number of halogens is 2. The van der Waals surface area contributed by atoms with Crippen molar-refractivity contribution < 1.29 is 18.7 Å². The van der Waals surface area contributed by atoms with Gasteiger partial charge in [-0.05, 0) is 54.6 Å². The number of carbonyl (C=O) groups excluding carboxylic acids is 1. The monoisotopic (exact) mass is 453 g/mol. The average Bonchev–Trinajstić information content (AvgIpc) is 3.44. The standard InChI is InChI=1S/C24H17Cl2NO4/c25-20-6-2-5-19(24(20)26)22-11-7-17(30-22)9-12-23(29)27-16-4-1-3-15(13-16)21-10-8-18(14-28)31-21/h1-13,28H,14H2,(H,27,29)/b12-9+. The van der Waals surface area contributed by atoms with Crippen LogP contribution in [-0.2, 0) is 11.4 Å². The van der Waals surface area contributed by atoms with Gasteiger partial charge in [0.1, 0.15) is 29.6 Å². The van der Waals surface area contributed by atoms with Gasteiger partial charge in [-0.1, -0.05) is 41.4 Å². The van der Waals surface area contributed by atoms with Crippen LogP contribution in [0, 0.1) is 0 Å². The zero-order valence-corrected chi connectivity index (χ0v) is 17.7. The summed E-state index contributed by atoms with van der Waals surface area (Å²) in [6, 6.07) is 19.5. The van der Waals surface area contributed by atoms with E-state index < -0.39 is 0 Å². The van der Waals surface area contributed by atoms with Gasteiger partial charge in [-0.25, -0.2) is 0 Å². The molecule has 0 atom stereocenters. The highest BCUT2D eigenvalue weighted by atomic mass is 35.5. The molecule has 4 rings (SSSR count). The minimum atomic E-state index is -0.314. The first kappa shape index (κ1) is 21.0. The zero-order chi connectivity index (χ0) is 21.8. The lowest BCUT2D eigenvalue weighted by atomic mass is 10.1. The normalized spacial score (nSPS) is 11.2. The van der Waals surface area contributed by atoms with Crippen molar-refractivity contribution in [2.75, 3.05) is 5.32 Å². The van der Waals surface area contributed by atoms with E-state index in [1.807, 2.05) is 18.2 Å². The third kappa shape index (κ3) is 4.91. The summed E-state index contributed by atoms with van der Waals surface area (Å²) in [7, 11) is 0. The summed E-state index contributed by atoms with van der Waals surface area (Å²) in [5.41, 5.74) is 2.08. The highest BCUT2D eigenvalue weighted by molar-refractivity contribution is 6.43. The van der Waals surface area contributed by atoms with Crippen molar-refractivity contribution in [3.05, 3.63) is 94.4 Å². The van der Waals surface area contributed by atoms with E-state index >= 15 is 0 Å². The Bertz CT molecular complexity index is 1260. The van der Waals surface area contributed by atoms with Gasteiger partial charge in [-0.15, -0.1) is 0 Å². The Morgan fingerprint density at radius 1 is 0.968 bits per heavy atom. The molecule has 31 heavy (non-hydrogen) atoms. The Morgan fingerprint density at radius 3 is 2.58 bits per heavy atom. The maximum atomic E-state index is 12.3. The molecule has 2 aromatic carbocycles. The van der Waals surface area contributed by atoms with Gasteiger partial charge in [0.15, 0.2) is 0 Å². The third-order valence-electron chi connectivity index (χ3n) is 4.47. The number of benzene rings is 2. The molecule has 0 unspecified atom stereocenters. The molecule has 0 fully saturated rings. The highest BCUT2D eigenvalue weighted by Crippen LogP contribution is 2.34. The summed E-state index contributed by atoms with van der Waals surface area (Å²) in [4.78, 5) is 12.3. The van der Waals surface area contributed by atoms with Gasteiger partial charge in [-0.2, -0.15) is 0 Å². The molecular weight excluding hydrogens is 437 g/mol. The fourth-order valence-electron chi connectivity index (χ4n) is 2.99. The number of amides is 1. The maximum Gasteiger partial charge on any atom is 0.248 e. The van der Waals surface area contributed by atoms with Gasteiger partial charge in [0, 0.05) is 22.9 Å². The van der Waals surface area contributed by atoms with Crippen molar-refractivity contribution in [3.63, 3.8) is 0 Å². The van der Waals surface area contributed by atoms with E-state index in [1.165, 1.54) is 6.08 Å². The molecule has 2 aromatic heterocycles. The van der Waals surface area contributed by atoms with Crippen LogP contribution < -0.4 is 5.32 Å². The van der Waals surface area contributed by atoms with Crippen molar-refractivity contribution in [3.8, 4) is 22.6 Å². The van der Waals surface area contributed by atoms with Gasteiger partial charge < -0.3 is 19.3 Å². The minimum Gasteiger partial charge on any atom is -0.459 e. The summed E-state index contributed by atoms with van der Waals surface area (Å²) in [5.74, 6) is 1.83. The second-order valence-electron chi connectivity index (χ2n) is 6.63. The number of nitrogens with one attached hydrogen (secondary N) is 1. The van der Waals surface area contributed by atoms with Crippen LogP contribution in [0.1, 0.15) is 11.5 Å². The second kappa shape index (κ2) is 9.27. The van der Waals surface area contributed by atoms with Crippen molar-refractivity contribution in [2.24, 2.45) is 0 Å². The lowest BCUT2D eigenvalue weighted by Crippen LogP contribution is -2.07. The van der Waals surface area contributed by atoms with Gasteiger partial charge in [0.25, 0.3) is 0 Å². The molecule has 0 spiro atoms. The molecule has 4 aromatic rings. The number of aliphatic hydroxyl groups is 1. The van der Waals surface area contributed by atoms with Crippen molar-refractivity contribution in [1.29, 1.82) is 0 Å². The van der Waals surface area contributed by atoms with Crippen LogP contribution in [0.15, 0.2) is 81.6 Å². The summed E-state index contributed by atoms with van der Waals surface area (Å²) in [5, 5.41) is 12.8. The SMILES string of the molecule is O=C(/C=C/c1ccc(-c2cccc(Cl)c2Cl)o1)Nc1cccc(-c2ccc(CO)o2)c1. The Morgan fingerprint density at radius 2 is 1.77 bits per heavy atom. The van der Waals surface area contributed by atoms with Gasteiger partial charge in [0.2, 0.25) is 5.91 Å². The molecule has 0 saturated carbocycles. The smallest absolute Gasteiger partial charge is 0.248 e. The van der Waals surface area contributed by atoms with E-state index in [-0.39, 0.29) is 12.5 Å². The number of hydrogen-bond acceptors (Lipinski definition) is 4. The molecule has 0 aliphatic carbocycles. The summed E-state index contributed by atoms with van der Waals surface area (Å²) >= 11 is 12.3. The number of anilines is 1. The zero-order valence-electron chi connectivity index (χ0n) is 16.1. The van der Waals surface area contributed by atoms with Crippen LogP contribution in [0.25, 0.3) is 28.7 Å². The summed E-state index contributed by atoms with van der Waals surface area (Å²) in [6.07, 6.45) is 2.95. The second-order valence-corrected chi connectivity index (χ2v) is 7.42. The first-order chi connectivity index (χ1) is 15.0. The molecular formula is C24H17Cl2NO4. The molecule has 156 valence electrons. The number of carbonyl (C=O) groups is 1. The van der Waals surface area contributed by atoms with E-state index in [9.17, 15) is 4.79 Å². The number of furan rings is 2. The average molecular weight is 454 g/mol. The molecule has 0 aliphatic heterocycles. The van der Waals surface area contributed by atoms with Crippen molar-refractivity contribution >= 4 is 40.9 Å². The quantitative estimate of drug-likeness (QED) is 0.320. The first-order valence-electron chi connectivity index (χ1n) is 9.37. The Kier molecular flexibility index (Phi) is 6.28. The molecule has 5 nitrogen and oxygen atoms in total. The lowest BCUT2D eigenvalue weighted by Gasteiger charge is -2.04. The Labute approximate surface area is 188 Å². The molecule has 0 bridgehead atoms. The largest absolute Gasteiger partial charge is 0.459 e. The lowest BCUT2D eigenvalue weighted by molar-refractivity contribution is -0.111. The van der Waals surface area contributed by atoms with Gasteiger partial charge in [-0.3, -0.25) is 4.79 Å². The predicted molar refractivity (Wildman–Crippen MR) is 122 cm³/mol. The predicted octanol–water partition coefficient (Wildman–Crippen LogP) is 6.66. The molecule has 7 heteroatoms. The highest BCUT2D eigenvalue weighted by Gasteiger charge is 2.10. The van der Waals surface area contributed by atoms with Gasteiger partial charge in [0.05, 0.1) is 10.0 Å². The van der Waals surface area contributed by atoms with Crippen LogP contribution >= 0.6 is 23.2 Å².